The maximum absolute atomic E-state index is 13.6. The van der Waals surface area contributed by atoms with E-state index in [1.54, 1.807) is 6.92 Å². The first kappa shape index (κ1) is 31.3. The molecule has 6 nitrogen and oxygen atoms in total. The molecule has 12 heteroatoms. The third kappa shape index (κ3) is 7.34. The lowest BCUT2D eigenvalue weighted by Crippen LogP contribution is -2.30. The van der Waals surface area contributed by atoms with Gasteiger partial charge in [0, 0.05) is 6.42 Å². The minimum atomic E-state index is -5.03. The lowest BCUT2D eigenvalue weighted by Gasteiger charge is -2.18. The third-order valence-corrected chi connectivity index (χ3v) is 7.01. The molecule has 232 valence electrons. The number of methoxy groups -OCH3 is 1. The number of aryl methyl sites for hydroxylation is 1. The van der Waals surface area contributed by atoms with E-state index in [-0.39, 0.29) is 40.8 Å². The van der Waals surface area contributed by atoms with Gasteiger partial charge in [0.1, 0.15) is 11.8 Å². The number of amides is 1. The van der Waals surface area contributed by atoms with Crippen LogP contribution in [0.4, 0.5) is 26.3 Å². The molecule has 0 unspecified atom stereocenters. The Bertz CT molecular complexity index is 1770. The maximum atomic E-state index is 13.6. The summed E-state index contributed by atoms with van der Waals surface area (Å²) in [6, 6.07) is 21.5. The highest BCUT2D eigenvalue weighted by Gasteiger charge is 2.37. The smallest absolute Gasteiger partial charge is 0.416 e. The molecule has 0 aliphatic carbocycles. The SMILES string of the molecule is COc1ccc(-c2cc(C(F)(F)F)cc(C(F)(F)F)c2)cc1C(=O)N[C@H](Cc1ccc(-c2ccccc2)cc1)c1nc(C)no1. The Labute approximate surface area is 253 Å². The summed E-state index contributed by atoms with van der Waals surface area (Å²) < 4.78 is 91.7. The van der Waals surface area contributed by atoms with Crippen LogP contribution in [0.3, 0.4) is 0 Å². The van der Waals surface area contributed by atoms with Crippen LogP contribution in [0.15, 0.2) is 95.5 Å². The van der Waals surface area contributed by atoms with Crippen LogP contribution in [0.25, 0.3) is 22.3 Å². The highest BCUT2D eigenvalue weighted by molar-refractivity contribution is 5.98. The summed E-state index contributed by atoms with van der Waals surface area (Å²) in [6.45, 7) is 1.61. The van der Waals surface area contributed by atoms with Gasteiger partial charge >= 0.3 is 12.4 Å². The largest absolute Gasteiger partial charge is 0.496 e. The van der Waals surface area contributed by atoms with Crippen molar-refractivity contribution in [3.05, 3.63) is 125 Å². The lowest BCUT2D eigenvalue weighted by atomic mass is 9.97. The van der Waals surface area contributed by atoms with Gasteiger partial charge in [0.2, 0.25) is 5.89 Å². The molecule has 4 aromatic carbocycles. The molecule has 0 aliphatic rings. The minimum absolute atomic E-state index is 0.0456. The van der Waals surface area contributed by atoms with Crippen molar-refractivity contribution >= 4 is 5.91 Å². The number of aromatic nitrogens is 2. The highest BCUT2D eigenvalue weighted by Crippen LogP contribution is 2.39. The zero-order chi connectivity index (χ0) is 32.4. The molecule has 0 bridgehead atoms. The van der Waals surface area contributed by atoms with Crippen molar-refractivity contribution in [2.75, 3.05) is 7.11 Å². The monoisotopic (exact) mass is 625 g/mol. The Morgan fingerprint density at radius 3 is 1.96 bits per heavy atom. The molecular weight excluding hydrogens is 600 g/mol. The molecule has 45 heavy (non-hydrogen) atoms. The molecule has 0 radical (unpaired) electrons. The van der Waals surface area contributed by atoms with Crippen LogP contribution < -0.4 is 10.1 Å². The van der Waals surface area contributed by atoms with Gasteiger partial charge in [0.05, 0.1) is 23.8 Å². The Kier molecular flexibility index (Phi) is 8.67. The fraction of sp³-hybridized carbons (Fsp3) is 0.182. The van der Waals surface area contributed by atoms with Crippen LogP contribution in [0.5, 0.6) is 5.75 Å². The van der Waals surface area contributed by atoms with Crippen LogP contribution in [0.1, 0.15) is 44.8 Å². The van der Waals surface area contributed by atoms with Gasteiger partial charge in [-0.05, 0) is 65.1 Å². The highest BCUT2D eigenvalue weighted by atomic mass is 19.4. The van der Waals surface area contributed by atoms with E-state index in [9.17, 15) is 31.1 Å². The normalized spacial score (nSPS) is 12.5. The van der Waals surface area contributed by atoms with Crippen molar-refractivity contribution in [2.24, 2.45) is 0 Å². The number of nitrogens with zero attached hydrogens (tertiary/aromatic N) is 2. The van der Waals surface area contributed by atoms with Crippen LogP contribution in [0, 0.1) is 6.92 Å². The standard InChI is InChI=1S/C33H25F6N3O3/c1-19-40-31(45-42-19)28(14-20-8-10-22(11-9-20)21-6-4-3-5-7-21)41-30(43)27-17-23(12-13-29(27)44-2)24-15-25(32(34,35)36)18-26(16-24)33(37,38)39/h3-13,15-18,28H,14H2,1-2H3,(H,41,43)/t28-/m1/s1. The third-order valence-electron chi connectivity index (χ3n) is 7.01. The van der Waals surface area contributed by atoms with Crippen LogP contribution in [-0.2, 0) is 18.8 Å². The molecule has 1 N–H and O–H groups in total. The van der Waals surface area contributed by atoms with Gasteiger partial charge < -0.3 is 14.6 Å². The molecule has 1 amide bonds. The van der Waals surface area contributed by atoms with Crippen molar-refractivity contribution in [2.45, 2.75) is 31.7 Å². The topological polar surface area (TPSA) is 77.2 Å². The van der Waals surface area contributed by atoms with Gasteiger partial charge in [-0.2, -0.15) is 31.3 Å². The van der Waals surface area contributed by atoms with E-state index in [0.717, 1.165) is 16.7 Å². The molecule has 5 rings (SSSR count). The van der Waals surface area contributed by atoms with Crippen LogP contribution in [-0.4, -0.2) is 23.2 Å². The van der Waals surface area contributed by atoms with Gasteiger partial charge in [0.25, 0.3) is 5.91 Å². The number of benzene rings is 4. The summed E-state index contributed by atoms with van der Waals surface area (Å²) in [5, 5.41) is 6.62. The van der Waals surface area contributed by atoms with Crippen molar-refractivity contribution in [3.63, 3.8) is 0 Å². The van der Waals surface area contributed by atoms with Crippen LogP contribution in [0.2, 0.25) is 0 Å². The second-order valence-corrected chi connectivity index (χ2v) is 10.2. The van der Waals surface area contributed by atoms with E-state index in [0.29, 0.717) is 18.0 Å². The number of hydrogen-bond acceptors (Lipinski definition) is 5. The molecule has 0 saturated carbocycles. The zero-order valence-electron chi connectivity index (χ0n) is 23.8. The summed E-state index contributed by atoms with van der Waals surface area (Å²) in [7, 11) is 1.28. The molecule has 0 aliphatic heterocycles. The van der Waals surface area contributed by atoms with Gasteiger partial charge in [-0.15, -0.1) is 0 Å². The summed E-state index contributed by atoms with van der Waals surface area (Å²) in [4.78, 5) is 17.9. The number of rotatable bonds is 8. The van der Waals surface area contributed by atoms with Crippen molar-refractivity contribution in [1.29, 1.82) is 0 Å². The molecule has 1 aromatic heterocycles. The zero-order valence-corrected chi connectivity index (χ0v) is 23.8. The number of carbonyl (C=O) groups is 1. The minimum Gasteiger partial charge on any atom is -0.496 e. The second kappa shape index (κ2) is 12.5. The fourth-order valence-electron chi connectivity index (χ4n) is 4.78. The fourth-order valence-corrected chi connectivity index (χ4v) is 4.78. The predicted molar refractivity (Wildman–Crippen MR) is 153 cm³/mol. The first-order valence-corrected chi connectivity index (χ1v) is 13.5. The van der Waals surface area contributed by atoms with E-state index in [4.69, 9.17) is 9.26 Å². The second-order valence-electron chi connectivity index (χ2n) is 10.2. The quantitative estimate of drug-likeness (QED) is 0.175. The average molecular weight is 626 g/mol. The Morgan fingerprint density at radius 1 is 0.800 bits per heavy atom. The maximum Gasteiger partial charge on any atom is 0.416 e. The molecule has 5 aromatic rings. The lowest BCUT2D eigenvalue weighted by molar-refractivity contribution is -0.143. The predicted octanol–water partition coefficient (Wildman–Crippen LogP) is 8.47. The molecule has 1 heterocycles. The Morgan fingerprint density at radius 2 is 1.40 bits per heavy atom. The molecule has 1 atom stereocenters. The van der Waals surface area contributed by atoms with Crippen molar-refractivity contribution < 1.29 is 40.4 Å². The average Bonchev–Trinajstić information content (AvgIpc) is 3.46. The van der Waals surface area contributed by atoms with E-state index >= 15 is 0 Å². The number of alkyl halides is 6. The summed E-state index contributed by atoms with van der Waals surface area (Å²) in [6.07, 6.45) is -9.83. The van der Waals surface area contributed by atoms with Crippen molar-refractivity contribution in [3.8, 4) is 28.0 Å². The van der Waals surface area contributed by atoms with Gasteiger partial charge in [-0.25, -0.2) is 0 Å². The van der Waals surface area contributed by atoms with Gasteiger partial charge in [-0.1, -0.05) is 65.8 Å². The molecular formula is C33H25F6N3O3. The number of ether oxygens (including phenoxy) is 1. The summed E-state index contributed by atoms with van der Waals surface area (Å²) >= 11 is 0. The van der Waals surface area contributed by atoms with E-state index < -0.39 is 35.4 Å². The first-order chi connectivity index (χ1) is 21.3. The molecule has 0 fully saturated rings. The number of nitrogens with one attached hydrogen (secondary N) is 1. The van der Waals surface area contributed by atoms with E-state index in [1.807, 2.05) is 54.6 Å². The van der Waals surface area contributed by atoms with Gasteiger partial charge in [-0.3, -0.25) is 4.79 Å². The van der Waals surface area contributed by atoms with Crippen molar-refractivity contribution in [1.82, 2.24) is 15.5 Å². The van der Waals surface area contributed by atoms with E-state index in [2.05, 4.69) is 15.5 Å². The number of halogens is 6. The Balaban J connectivity index is 1.47. The number of carbonyl (C=O) groups excluding carboxylic acids is 1. The van der Waals surface area contributed by atoms with Gasteiger partial charge in [0.15, 0.2) is 5.82 Å². The van der Waals surface area contributed by atoms with E-state index in [1.165, 1.54) is 25.3 Å². The Hall–Kier alpha value is -5.13. The number of hydrogen-bond donors (Lipinski definition) is 1. The molecule has 0 saturated heterocycles. The first-order valence-electron chi connectivity index (χ1n) is 13.5. The molecule has 0 spiro atoms. The summed E-state index contributed by atoms with van der Waals surface area (Å²) in [5.41, 5.74) is -0.675. The summed E-state index contributed by atoms with van der Waals surface area (Å²) in [5.74, 6) is -0.241. The van der Waals surface area contributed by atoms with Crippen LogP contribution >= 0.6 is 0 Å².